The van der Waals surface area contributed by atoms with E-state index in [-0.39, 0.29) is 0 Å². The van der Waals surface area contributed by atoms with Crippen molar-refractivity contribution in [3.05, 3.63) is 0 Å². The zero-order chi connectivity index (χ0) is 10.2. The first-order chi connectivity index (χ1) is 6.68. The summed E-state index contributed by atoms with van der Waals surface area (Å²) in [5, 5.41) is 0. The van der Waals surface area contributed by atoms with Crippen LogP contribution in [0.4, 0.5) is 0 Å². The van der Waals surface area contributed by atoms with Crippen molar-refractivity contribution in [1.29, 1.82) is 0 Å². The molecular weight excluding hydrogens is 200 g/mol. The van der Waals surface area contributed by atoms with Gasteiger partial charge in [0.1, 0.15) is 12.2 Å². The lowest BCUT2D eigenvalue weighted by Crippen LogP contribution is -2.36. The summed E-state index contributed by atoms with van der Waals surface area (Å²) in [6.07, 6.45) is 2.18. The number of ether oxygens (including phenoxy) is 2. The van der Waals surface area contributed by atoms with E-state index < -0.39 is 8.56 Å². The highest BCUT2D eigenvalue weighted by atomic mass is 28.4. The molecule has 0 bridgehead atoms. The van der Waals surface area contributed by atoms with Gasteiger partial charge in [0.2, 0.25) is 0 Å². The molecule has 2 aliphatic heterocycles. The molecule has 3 unspecified atom stereocenters. The summed E-state index contributed by atoms with van der Waals surface area (Å²) >= 11 is 0. The van der Waals surface area contributed by atoms with Gasteiger partial charge < -0.3 is 18.3 Å². The standard InChI is InChI=1S/C9H18O4Si/c1-10-14(3,11-2)5-4-7-9(13-7)8-6-12-8/h7-9H,4-6H2,1-3H3. The summed E-state index contributed by atoms with van der Waals surface area (Å²) in [6, 6.07) is 0.994. The van der Waals surface area contributed by atoms with Crippen molar-refractivity contribution in [3.63, 3.8) is 0 Å². The monoisotopic (exact) mass is 218 g/mol. The Morgan fingerprint density at radius 1 is 1.36 bits per heavy atom. The summed E-state index contributed by atoms with van der Waals surface area (Å²) in [6.45, 7) is 2.96. The van der Waals surface area contributed by atoms with Gasteiger partial charge in [0.05, 0.1) is 12.7 Å². The molecule has 0 aromatic heterocycles. The van der Waals surface area contributed by atoms with Crippen LogP contribution in [0.3, 0.4) is 0 Å². The van der Waals surface area contributed by atoms with Crippen LogP contribution in [-0.4, -0.2) is 47.7 Å². The first-order valence-electron chi connectivity index (χ1n) is 5.06. The van der Waals surface area contributed by atoms with Crippen LogP contribution in [0.1, 0.15) is 6.42 Å². The molecule has 2 saturated heterocycles. The zero-order valence-corrected chi connectivity index (χ0v) is 9.99. The predicted molar refractivity (Wildman–Crippen MR) is 53.5 cm³/mol. The van der Waals surface area contributed by atoms with E-state index in [4.69, 9.17) is 18.3 Å². The van der Waals surface area contributed by atoms with Crippen LogP contribution in [0.2, 0.25) is 12.6 Å². The molecule has 0 radical (unpaired) electrons. The molecular formula is C9H18O4Si. The lowest BCUT2D eigenvalue weighted by Gasteiger charge is -2.21. The van der Waals surface area contributed by atoms with Gasteiger partial charge in [0.15, 0.2) is 0 Å². The molecule has 0 aromatic rings. The van der Waals surface area contributed by atoms with Gasteiger partial charge in [0.25, 0.3) is 0 Å². The first kappa shape index (κ1) is 10.6. The molecule has 82 valence electrons. The lowest BCUT2D eigenvalue weighted by atomic mass is 10.2. The van der Waals surface area contributed by atoms with E-state index >= 15 is 0 Å². The minimum atomic E-state index is -1.88. The van der Waals surface area contributed by atoms with E-state index in [1.54, 1.807) is 14.2 Å². The third-order valence-electron chi connectivity index (χ3n) is 3.09. The maximum Gasteiger partial charge on any atom is 0.334 e. The molecule has 0 N–H and O–H groups in total. The molecule has 2 rings (SSSR count). The van der Waals surface area contributed by atoms with Gasteiger partial charge in [-0.15, -0.1) is 0 Å². The number of rotatable bonds is 6. The van der Waals surface area contributed by atoms with Crippen molar-refractivity contribution < 1.29 is 18.3 Å². The van der Waals surface area contributed by atoms with Crippen LogP contribution in [0.5, 0.6) is 0 Å². The molecule has 0 amide bonds. The maximum atomic E-state index is 5.51. The van der Waals surface area contributed by atoms with E-state index in [1.807, 2.05) is 0 Å². The Morgan fingerprint density at radius 2 is 2.00 bits per heavy atom. The van der Waals surface area contributed by atoms with E-state index in [9.17, 15) is 0 Å². The molecule has 0 aliphatic carbocycles. The quantitative estimate of drug-likeness (QED) is 0.491. The fraction of sp³-hybridized carbons (Fsp3) is 1.00. The highest BCUT2D eigenvalue weighted by molar-refractivity contribution is 6.65. The van der Waals surface area contributed by atoms with E-state index in [1.165, 1.54) is 0 Å². The second-order valence-electron chi connectivity index (χ2n) is 4.09. The summed E-state index contributed by atoms with van der Waals surface area (Å²) in [5.74, 6) is 0. The fourth-order valence-electron chi connectivity index (χ4n) is 1.65. The predicted octanol–water partition coefficient (Wildman–Crippen LogP) is 0.907. The van der Waals surface area contributed by atoms with Gasteiger partial charge in [-0.1, -0.05) is 0 Å². The summed E-state index contributed by atoms with van der Waals surface area (Å²) in [7, 11) is 1.57. The van der Waals surface area contributed by atoms with E-state index in [2.05, 4.69) is 6.55 Å². The largest absolute Gasteiger partial charge is 0.398 e. The lowest BCUT2D eigenvalue weighted by molar-refractivity contribution is 0.246. The van der Waals surface area contributed by atoms with Gasteiger partial charge in [0, 0.05) is 14.2 Å². The molecule has 0 saturated carbocycles. The molecule has 2 aliphatic rings. The number of hydrogen-bond donors (Lipinski definition) is 0. The second-order valence-corrected chi connectivity index (χ2v) is 7.68. The van der Waals surface area contributed by atoms with Crippen molar-refractivity contribution in [2.24, 2.45) is 0 Å². The van der Waals surface area contributed by atoms with E-state index in [0.717, 1.165) is 19.1 Å². The summed E-state index contributed by atoms with van der Waals surface area (Å²) in [4.78, 5) is 0. The molecule has 0 aromatic carbocycles. The third-order valence-corrected chi connectivity index (χ3v) is 6.02. The minimum Gasteiger partial charge on any atom is -0.398 e. The minimum absolute atomic E-state index is 0.363. The average molecular weight is 218 g/mol. The van der Waals surface area contributed by atoms with E-state index in [0.29, 0.717) is 18.3 Å². The highest BCUT2D eigenvalue weighted by Crippen LogP contribution is 2.37. The Hall–Kier alpha value is 0.0569. The topological polar surface area (TPSA) is 43.5 Å². The third kappa shape index (κ3) is 2.35. The molecule has 2 fully saturated rings. The van der Waals surface area contributed by atoms with Crippen molar-refractivity contribution >= 4 is 8.56 Å². The van der Waals surface area contributed by atoms with Crippen molar-refractivity contribution in [2.45, 2.75) is 37.3 Å². The molecule has 0 spiro atoms. The van der Waals surface area contributed by atoms with Gasteiger partial charge in [-0.2, -0.15) is 0 Å². The fourth-order valence-corrected chi connectivity index (χ4v) is 3.04. The van der Waals surface area contributed by atoms with Crippen LogP contribution in [0, 0.1) is 0 Å². The van der Waals surface area contributed by atoms with Crippen LogP contribution in [0.15, 0.2) is 0 Å². The number of epoxide rings is 2. The SMILES string of the molecule is CO[Si](C)(CCC1OC1C1CO1)OC. The van der Waals surface area contributed by atoms with Crippen molar-refractivity contribution in [1.82, 2.24) is 0 Å². The van der Waals surface area contributed by atoms with Crippen LogP contribution >= 0.6 is 0 Å². The Kier molecular flexibility index (Phi) is 2.95. The van der Waals surface area contributed by atoms with Gasteiger partial charge in [-0.25, -0.2) is 0 Å². The normalized spacial score (nSPS) is 35.8. The smallest absolute Gasteiger partial charge is 0.334 e. The maximum absolute atomic E-state index is 5.51. The van der Waals surface area contributed by atoms with Gasteiger partial charge in [-0.05, 0) is 19.0 Å². The van der Waals surface area contributed by atoms with Crippen LogP contribution < -0.4 is 0 Å². The molecule has 2 heterocycles. The van der Waals surface area contributed by atoms with Gasteiger partial charge in [-0.3, -0.25) is 0 Å². The Balaban J connectivity index is 1.67. The second kappa shape index (κ2) is 3.90. The molecule has 3 atom stereocenters. The first-order valence-corrected chi connectivity index (χ1v) is 7.58. The molecule has 14 heavy (non-hydrogen) atoms. The summed E-state index contributed by atoms with van der Waals surface area (Å²) < 4.78 is 21.5. The van der Waals surface area contributed by atoms with Crippen LogP contribution in [0.25, 0.3) is 0 Å². The number of hydrogen-bond acceptors (Lipinski definition) is 4. The highest BCUT2D eigenvalue weighted by Gasteiger charge is 2.51. The Labute approximate surface area is 85.7 Å². The Bertz CT molecular complexity index is 203. The Morgan fingerprint density at radius 3 is 2.50 bits per heavy atom. The molecule has 4 nitrogen and oxygen atoms in total. The summed E-state index contributed by atoms with van der Waals surface area (Å²) in [5.41, 5.74) is 0. The average Bonchev–Trinajstić information content (AvgIpc) is 3.03. The van der Waals surface area contributed by atoms with Crippen LogP contribution in [-0.2, 0) is 18.3 Å². The van der Waals surface area contributed by atoms with Gasteiger partial charge >= 0.3 is 8.56 Å². The van der Waals surface area contributed by atoms with Crippen molar-refractivity contribution in [2.75, 3.05) is 20.8 Å². The van der Waals surface area contributed by atoms with Crippen molar-refractivity contribution in [3.8, 4) is 0 Å². The zero-order valence-electron chi connectivity index (χ0n) is 8.99. The molecule has 5 heteroatoms.